The normalized spacial score (nSPS) is 15.3. The van der Waals surface area contributed by atoms with E-state index in [4.69, 9.17) is 0 Å². The highest BCUT2D eigenvalue weighted by Gasteiger charge is 2.28. The van der Waals surface area contributed by atoms with E-state index in [9.17, 15) is 14.4 Å². The SMILES string of the molecule is O=C(Nc1cccc(C(=O)N2CCC[C@H](C(=O)NCCCc3ccccc3)C2)c1)c1ccccc1. The highest BCUT2D eigenvalue weighted by molar-refractivity contribution is 6.05. The zero-order valence-electron chi connectivity index (χ0n) is 19.8. The first-order chi connectivity index (χ1) is 17.1. The van der Waals surface area contributed by atoms with Gasteiger partial charge < -0.3 is 15.5 Å². The van der Waals surface area contributed by atoms with Crippen LogP contribution in [0.1, 0.15) is 45.5 Å². The number of hydrogen-bond donors (Lipinski definition) is 2. The van der Waals surface area contributed by atoms with Gasteiger partial charge in [-0.05, 0) is 61.6 Å². The van der Waals surface area contributed by atoms with E-state index in [0.717, 1.165) is 25.7 Å². The molecule has 0 unspecified atom stereocenters. The number of nitrogens with one attached hydrogen (secondary N) is 2. The Bertz CT molecular complexity index is 1150. The number of carbonyl (C=O) groups is 3. The van der Waals surface area contributed by atoms with Crippen molar-refractivity contribution in [2.45, 2.75) is 25.7 Å². The molecule has 2 N–H and O–H groups in total. The zero-order valence-corrected chi connectivity index (χ0v) is 19.8. The molecule has 1 atom stereocenters. The van der Waals surface area contributed by atoms with Crippen molar-refractivity contribution in [1.82, 2.24) is 10.2 Å². The maximum atomic E-state index is 13.2. The molecule has 0 aromatic heterocycles. The van der Waals surface area contributed by atoms with Gasteiger partial charge in [-0.15, -0.1) is 0 Å². The number of rotatable bonds is 8. The standard InChI is InChI=1S/C29H31N3O3/c33-27(30-18-8-12-22-10-3-1-4-11-22)25-16-9-19-32(21-25)29(35)24-15-7-17-26(20-24)31-28(34)23-13-5-2-6-14-23/h1-7,10-11,13-15,17,20,25H,8-9,12,16,18-19,21H2,(H,30,33)(H,31,34)/t25-/m0/s1. The van der Waals surface area contributed by atoms with Gasteiger partial charge in [-0.2, -0.15) is 0 Å². The van der Waals surface area contributed by atoms with E-state index in [1.807, 2.05) is 24.3 Å². The third kappa shape index (κ3) is 6.79. The number of piperidine rings is 1. The summed E-state index contributed by atoms with van der Waals surface area (Å²) in [6, 6.07) is 26.1. The Balaban J connectivity index is 1.29. The highest BCUT2D eigenvalue weighted by Crippen LogP contribution is 2.21. The average molecular weight is 470 g/mol. The van der Waals surface area contributed by atoms with Crippen LogP contribution in [0.15, 0.2) is 84.9 Å². The van der Waals surface area contributed by atoms with Crippen molar-refractivity contribution >= 4 is 23.4 Å². The van der Waals surface area contributed by atoms with Crippen molar-refractivity contribution < 1.29 is 14.4 Å². The minimum atomic E-state index is -0.225. The fourth-order valence-corrected chi connectivity index (χ4v) is 4.37. The molecule has 0 spiro atoms. The van der Waals surface area contributed by atoms with Gasteiger partial charge in [0, 0.05) is 36.4 Å². The van der Waals surface area contributed by atoms with Crippen molar-refractivity contribution in [3.63, 3.8) is 0 Å². The Labute approximate surface area is 206 Å². The maximum Gasteiger partial charge on any atom is 0.255 e. The van der Waals surface area contributed by atoms with E-state index in [1.165, 1.54) is 5.56 Å². The summed E-state index contributed by atoms with van der Waals surface area (Å²) in [7, 11) is 0. The maximum absolute atomic E-state index is 13.2. The summed E-state index contributed by atoms with van der Waals surface area (Å²) in [4.78, 5) is 40.1. The molecule has 1 aliphatic rings. The Hall–Kier alpha value is -3.93. The summed E-state index contributed by atoms with van der Waals surface area (Å²) >= 11 is 0. The van der Waals surface area contributed by atoms with Gasteiger partial charge in [0.05, 0.1) is 5.92 Å². The second-order valence-corrected chi connectivity index (χ2v) is 8.87. The van der Waals surface area contributed by atoms with E-state index in [0.29, 0.717) is 36.4 Å². The van der Waals surface area contributed by atoms with Crippen molar-refractivity contribution in [3.8, 4) is 0 Å². The molecule has 6 heteroatoms. The topological polar surface area (TPSA) is 78.5 Å². The molecular weight excluding hydrogens is 438 g/mol. The van der Waals surface area contributed by atoms with Crippen molar-refractivity contribution in [1.29, 1.82) is 0 Å². The molecule has 0 aliphatic carbocycles. The van der Waals surface area contributed by atoms with Crippen LogP contribution in [0.25, 0.3) is 0 Å². The zero-order chi connectivity index (χ0) is 24.5. The first-order valence-electron chi connectivity index (χ1n) is 12.2. The Morgan fingerprint density at radius 2 is 1.57 bits per heavy atom. The predicted molar refractivity (Wildman–Crippen MR) is 137 cm³/mol. The van der Waals surface area contributed by atoms with E-state index in [2.05, 4.69) is 22.8 Å². The third-order valence-corrected chi connectivity index (χ3v) is 6.27. The second-order valence-electron chi connectivity index (χ2n) is 8.87. The lowest BCUT2D eigenvalue weighted by atomic mass is 9.96. The molecule has 3 aromatic carbocycles. The van der Waals surface area contributed by atoms with Crippen LogP contribution < -0.4 is 10.6 Å². The number of aryl methyl sites for hydroxylation is 1. The van der Waals surface area contributed by atoms with Crippen LogP contribution in [0.5, 0.6) is 0 Å². The molecule has 3 aromatic rings. The third-order valence-electron chi connectivity index (χ3n) is 6.27. The molecule has 0 bridgehead atoms. The lowest BCUT2D eigenvalue weighted by molar-refractivity contribution is -0.126. The van der Waals surface area contributed by atoms with E-state index < -0.39 is 0 Å². The summed E-state index contributed by atoms with van der Waals surface area (Å²) in [5, 5.41) is 5.89. The first-order valence-corrected chi connectivity index (χ1v) is 12.2. The Morgan fingerprint density at radius 3 is 2.34 bits per heavy atom. The lowest BCUT2D eigenvalue weighted by Crippen LogP contribution is -2.45. The molecule has 1 saturated heterocycles. The monoisotopic (exact) mass is 469 g/mol. The molecule has 35 heavy (non-hydrogen) atoms. The summed E-state index contributed by atoms with van der Waals surface area (Å²) in [6.07, 6.45) is 3.37. The largest absolute Gasteiger partial charge is 0.356 e. The van der Waals surface area contributed by atoms with Gasteiger partial charge in [0.1, 0.15) is 0 Å². The minimum Gasteiger partial charge on any atom is -0.356 e. The van der Waals surface area contributed by atoms with Gasteiger partial charge in [-0.25, -0.2) is 0 Å². The number of likely N-dealkylation sites (tertiary alicyclic amines) is 1. The van der Waals surface area contributed by atoms with Crippen molar-refractivity contribution in [2.24, 2.45) is 5.92 Å². The molecule has 1 fully saturated rings. The number of anilines is 1. The number of nitrogens with zero attached hydrogens (tertiary/aromatic N) is 1. The van der Waals surface area contributed by atoms with Gasteiger partial charge in [0.25, 0.3) is 11.8 Å². The lowest BCUT2D eigenvalue weighted by Gasteiger charge is -2.32. The number of amides is 3. The Kier molecular flexibility index (Phi) is 8.28. The molecule has 4 rings (SSSR count). The van der Waals surface area contributed by atoms with Crippen LogP contribution in [-0.4, -0.2) is 42.3 Å². The van der Waals surface area contributed by atoms with Gasteiger partial charge in [0.15, 0.2) is 0 Å². The summed E-state index contributed by atoms with van der Waals surface area (Å²) < 4.78 is 0. The average Bonchev–Trinajstić information content (AvgIpc) is 2.92. The van der Waals surface area contributed by atoms with E-state index in [1.54, 1.807) is 53.4 Å². The molecule has 1 aliphatic heterocycles. The summed E-state index contributed by atoms with van der Waals surface area (Å²) in [5.74, 6) is -0.538. The van der Waals surface area contributed by atoms with Crippen molar-refractivity contribution in [3.05, 3.63) is 102 Å². The van der Waals surface area contributed by atoms with Crippen LogP contribution in [0.3, 0.4) is 0 Å². The minimum absolute atomic E-state index is 0.0134. The summed E-state index contributed by atoms with van der Waals surface area (Å²) in [6.45, 7) is 1.66. The smallest absolute Gasteiger partial charge is 0.255 e. The molecule has 0 radical (unpaired) electrons. The first kappa shape index (κ1) is 24.2. The fraction of sp³-hybridized carbons (Fsp3) is 0.276. The van der Waals surface area contributed by atoms with Gasteiger partial charge >= 0.3 is 0 Å². The van der Waals surface area contributed by atoms with Crippen LogP contribution in [0, 0.1) is 5.92 Å². The molecule has 6 nitrogen and oxygen atoms in total. The fourth-order valence-electron chi connectivity index (χ4n) is 4.37. The van der Waals surface area contributed by atoms with Crippen LogP contribution in [-0.2, 0) is 11.2 Å². The molecule has 180 valence electrons. The second kappa shape index (κ2) is 12.0. The molecule has 0 saturated carbocycles. The summed E-state index contributed by atoms with van der Waals surface area (Å²) in [5.41, 5.74) is 2.88. The van der Waals surface area contributed by atoms with Gasteiger partial charge in [-0.3, -0.25) is 14.4 Å². The van der Waals surface area contributed by atoms with Crippen LogP contribution in [0.4, 0.5) is 5.69 Å². The van der Waals surface area contributed by atoms with E-state index >= 15 is 0 Å². The van der Waals surface area contributed by atoms with Crippen LogP contribution in [0.2, 0.25) is 0 Å². The number of carbonyl (C=O) groups excluding carboxylic acids is 3. The Morgan fingerprint density at radius 1 is 0.857 bits per heavy atom. The number of benzene rings is 3. The predicted octanol–water partition coefficient (Wildman–Crippen LogP) is 4.54. The highest BCUT2D eigenvalue weighted by atomic mass is 16.2. The van der Waals surface area contributed by atoms with Gasteiger partial charge in [-0.1, -0.05) is 54.6 Å². The quantitative estimate of drug-likeness (QED) is 0.476. The van der Waals surface area contributed by atoms with E-state index in [-0.39, 0.29) is 23.6 Å². The molecule has 3 amide bonds. The molecular formula is C29H31N3O3. The van der Waals surface area contributed by atoms with Crippen molar-refractivity contribution in [2.75, 3.05) is 25.0 Å². The number of hydrogen-bond acceptors (Lipinski definition) is 3. The van der Waals surface area contributed by atoms with Crippen LogP contribution >= 0.6 is 0 Å². The van der Waals surface area contributed by atoms with Gasteiger partial charge in [0.2, 0.25) is 5.91 Å². The molecule has 1 heterocycles.